The summed E-state index contributed by atoms with van der Waals surface area (Å²) < 4.78 is 33.3. The molecule has 218 valence electrons. The number of fused-ring (bicyclic) bond motifs is 2. The molecule has 0 saturated heterocycles. The summed E-state index contributed by atoms with van der Waals surface area (Å²) in [6.07, 6.45) is 4.55. The highest BCUT2D eigenvalue weighted by Gasteiger charge is 2.24. The number of H-pyrrole nitrogens is 2. The average molecular weight is 588 g/mol. The van der Waals surface area contributed by atoms with Crippen LogP contribution in [0.25, 0.3) is 22.2 Å². The maximum Gasteiger partial charge on any atom is 0.244 e. The highest BCUT2D eigenvalue weighted by Crippen LogP contribution is 2.38. The molecule has 4 N–H and O–H groups in total. The molecule has 13 heteroatoms. The number of hydrogen-bond donors (Lipinski definition) is 4. The molecule has 0 saturated carbocycles. The minimum Gasteiger partial charge on any atom is -0.495 e. The van der Waals surface area contributed by atoms with Crippen molar-refractivity contribution in [1.29, 1.82) is 0 Å². The minimum absolute atomic E-state index is 0.133. The largest absolute Gasteiger partial charge is 0.495 e. The summed E-state index contributed by atoms with van der Waals surface area (Å²) in [5.41, 5.74) is 6.76. The molecule has 1 aliphatic rings. The Morgan fingerprint density at radius 1 is 1.05 bits per heavy atom. The Kier molecular flexibility index (Phi) is 7.09. The zero-order valence-electron chi connectivity index (χ0n) is 24.1. The van der Waals surface area contributed by atoms with E-state index in [9.17, 15) is 8.42 Å². The van der Waals surface area contributed by atoms with Gasteiger partial charge >= 0.3 is 0 Å². The lowest BCUT2D eigenvalue weighted by molar-refractivity contribution is 0.312. The van der Waals surface area contributed by atoms with Crippen LogP contribution in [0.1, 0.15) is 16.8 Å². The van der Waals surface area contributed by atoms with Crippen LogP contribution >= 0.6 is 0 Å². The van der Waals surface area contributed by atoms with Crippen LogP contribution < -0.4 is 15.4 Å². The van der Waals surface area contributed by atoms with Crippen molar-refractivity contribution in [3.63, 3.8) is 0 Å². The van der Waals surface area contributed by atoms with Crippen LogP contribution in [0.5, 0.6) is 5.75 Å². The maximum atomic E-state index is 13.2. The number of rotatable bonds is 8. The molecule has 0 spiro atoms. The van der Waals surface area contributed by atoms with Gasteiger partial charge in [-0.2, -0.15) is 15.1 Å². The van der Waals surface area contributed by atoms with E-state index < -0.39 is 10.0 Å². The van der Waals surface area contributed by atoms with Gasteiger partial charge in [0.05, 0.1) is 30.1 Å². The third kappa shape index (κ3) is 4.95. The molecule has 0 unspecified atom stereocenters. The van der Waals surface area contributed by atoms with Gasteiger partial charge in [-0.3, -0.25) is 5.10 Å². The highest BCUT2D eigenvalue weighted by molar-refractivity contribution is 7.89. The molecular weight excluding hydrogens is 554 g/mol. The average Bonchev–Trinajstić information content (AvgIpc) is 3.58. The molecule has 0 atom stereocenters. The van der Waals surface area contributed by atoms with Crippen molar-refractivity contribution in [2.24, 2.45) is 0 Å². The van der Waals surface area contributed by atoms with E-state index in [4.69, 9.17) is 14.7 Å². The van der Waals surface area contributed by atoms with Crippen LogP contribution in [0.4, 0.5) is 23.1 Å². The van der Waals surface area contributed by atoms with Crippen molar-refractivity contribution >= 4 is 44.2 Å². The third-order valence-corrected chi connectivity index (χ3v) is 9.39. The van der Waals surface area contributed by atoms with Gasteiger partial charge < -0.3 is 25.3 Å². The number of aryl methyl sites for hydroxylation is 1. The molecule has 42 heavy (non-hydrogen) atoms. The summed E-state index contributed by atoms with van der Waals surface area (Å²) in [7, 11) is 3.02. The molecule has 0 fully saturated rings. The Labute approximate surface area is 244 Å². The summed E-state index contributed by atoms with van der Waals surface area (Å²) in [5.74, 6) is 1.44. The van der Waals surface area contributed by atoms with Crippen molar-refractivity contribution in [2.75, 3.05) is 45.4 Å². The predicted octanol–water partition coefficient (Wildman–Crippen LogP) is 4.39. The number of aromatic amines is 2. The number of likely N-dealkylation sites (N-methyl/N-ethyl adjacent to an activating group) is 1. The lowest BCUT2D eigenvalue weighted by Gasteiger charge is -2.26. The van der Waals surface area contributed by atoms with Gasteiger partial charge in [-0.25, -0.2) is 12.7 Å². The van der Waals surface area contributed by atoms with E-state index in [1.165, 1.54) is 29.5 Å². The first-order valence-electron chi connectivity index (χ1n) is 13.5. The van der Waals surface area contributed by atoms with Gasteiger partial charge in [-0.15, -0.1) is 0 Å². The van der Waals surface area contributed by atoms with Crippen molar-refractivity contribution in [1.82, 2.24) is 34.4 Å². The number of anilines is 4. The van der Waals surface area contributed by atoms with Gasteiger partial charge in [0.1, 0.15) is 22.1 Å². The second-order valence-corrected chi connectivity index (χ2v) is 12.7. The van der Waals surface area contributed by atoms with E-state index in [1.54, 1.807) is 37.6 Å². The monoisotopic (exact) mass is 587 g/mol. The fourth-order valence-electron chi connectivity index (χ4n) is 5.25. The van der Waals surface area contributed by atoms with E-state index in [0.717, 1.165) is 42.0 Å². The summed E-state index contributed by atoms with van der Waals surface area (Å²) in [6, 6.07) is 10.9. The van der Waals surface area contributed by atoms with E-state index in [2.05, 4.69) is 49.9 Å². The maximum absolute atomic E-state index is 13.2. The summed E-state index contributed by atoms with van der Waals surface area (Å²) in [4.78, 5) is 15.3. The SMILES string of the molecule is COc1cc2c(cc1Nc1nc(Nc3ccccc3S(=O)(=O)N(C)C)c3c(-c4cn[nH]c4C)c[nH]c3n1)CN(C)CC2. The van der Waals surface area contributed by atoms with Gasteiger partial charge in [-0.05, 0) is 55.8 Å². The van der Waals surface area contributed by atoms with Crippen molar-refractivity contribution < 1.29 is 13.2 Å². The van der Waals surface area contributed by atoms with E-state index in [-0.39, 0.29) is 4.90 Å². The van der Waals surface area contributed by atoms with Gasteiger partial charge in [0, 0.05) is 50.2 Å². The standard InChI is InChI=1S/C29H33N9O3S/c1-17-20(15-31-36-17)21-14-30-27-26(21)28(32-22-8-6-7-9-25(22)42(39,40)37(2)3)35-29(34-27)33-23-12-19-16-38(4)11-10-18(19)13-24(23)41-5/h6-9,12-15H,10-11,16H2,1-5H3,(H,31,36)(H3,30,32,33,34,35). The Balaban J connectivity index is 1.49. The number of aromatic nitrogens is 5. The number of benzene rings is 2. The molecule has 0 aliphatic carbocycles. The fourth-order valence-corrected chi connectivity index (χ4v) is 6.29. The van der Waals surface area contributed by atoms with Gasteiger partial charge in [0.2, 0.25) is 16.0 Å². The lowest BCUT2D eigenvalue weighted by atomic mass is 9.99. The topological polar surface area (TPSA) is 144 Å². The molecule has 0 amide bonds. The molecule has 12 nitrogen and oxygen atoms in total. The van der Waals surface area contributed by atoms with Gasteiger partial charge in [-0.1, -0.05) is 12.1 Å². The number of nitrogens with zero attached hydrogens (tertiary/aromatic N) is 5. The second-order valence-electron chi connectivity index (χ2n) is 10.6. The predicted molar refractivity (Wildman–Crippen MR) is 163 cm³/mol. The smallest absolute Gasteiger partial charge is 0.244 e. The fraction of sp³-hybridized carbons (Fsp3) is 0.276. The molecule has 4 heterocycles. The molecule has 0 radical (unpaired) electrons. The molecule has 5 aromatic rings. The van der Waals surface area contributed by atoms with Crippen LogP contribution in [0.15, 0.2) is 53.7 Å². The first-order valence-corrected chi connectivity index (χ1v) is 14.9. The molecule has 3 aromatic heterocycles. The van der Waals surface area contributed by atoms with Crippen LogP contribution in [0.3, 0.4) is 0 Å². The summed E-state index contributed by atoms with van der Waals surface area (Å²) >= 11 is 0. The van der Waals surface area contributed by atoms with Crippen LogP contribution in [0.2, 0.25) is 0 Å². The van der Waals surface area contributed by atoms with Gasteiger partial charge in [0.15, 0.2) is 0 Å². The zero-order chi connectivity index (χ0) is 29.6. The van der Waals surface area contributed by atoms with Crippen molar-refractivity contribution in [3.8, 4) is 16.9 Å². The molecular formula is C29H33N9O3S. The number of para-hydroxylation sites is 1. The normalized spacial score (nSPS) is 13.9. The summed E-state index contributed by atoms with van der Waals surface area (Å²) in [5, 5.41) is 14.5. The number of hydrogen-bond acceptors (Lipinski definition) is 9. The molecule has 2 aromatic carbocycles. The first-order chi connectivity index (χ1) is 20.2. The Morgan fingerprint density at radius 2 is 1.86 bits per heavy atom. The Hall–Kier alpha value is -4.46. The lowest BCUT2D eigenvalue weighted by Crippen LogP contribution is -2.26. The van der Waals surface area contributed by atoms with E-state index >= 15 is 0 Å². The van der Waals surface area contributed by atoms with E-state index in [0.29, 0.717) is 34.2 Å². The van der Waals surface area contributed by atoms with Gasteiger partial charge in [0.25, 0.3) is 0 Å². The van der Waals surface area contributed by atoms with Crippen molar-refractivity contribution in [2.45, 2.75) is 24.8 Å². The van der Waals surface area contributed by atoms with Crippen LogP contribution in [-0.2, 0) is 23.0 Å². The zero-order valence-corrected chi connectivity index (χ0v) is 24.9. The Morgan fingerprint density at radius 3 is 2.60 bits per heavy atom. The number of nitrogens with one attached hydrogen (secondary N) is 4. The van der Waals surface area contributed by atoms with Crippen LogP contribution in [0, 0.1) is 6.92 Å². The third-order valence-electron chi connectivity index (χ3n) is 7.52. The molecule has 0 bridgehead atoms. The number of methoxy groups -OCH3 is 1. The highest BCUT2D eigenvalue weighted by atomic mass is 32.2. The van der Waals surface area contributed by atoms with Crippen molar-refractivity contribution in [3.05, 3.63) is 65.6 Å². The molecule has 6 rings (SSSR count). The summed E-state index contributed by atoms with van der Waals surface area (Å²) in [6.45, 7) is 3.76. The molecule has 1 aliphatic heterocycles. The quantitative estimate of drug-likeness (QED) is 0.208. The van der Waals surface area contributed by atoms with E-state index in [1.807, 2.05) is 13.1 Å². The first kappa shape index (κ1) is 27.7. The Bertz CT molecular complexity index is 1900. The second kappa shape index (κ2) is 10.7. The number of sulfonamides is 1. The minimum atomic E-state index is -3.74. The van der Waals surface area contributed by atoms with Crippen LogP contribution in [-0.4, -0.2) is 77.6 Å². The number of ether oxygens (including phenoxy) is 1.